The standard InChI is InChI=1S/C18H25ClN4O3.ClH/c1-26-12-18(4-6-20-7-5-18)11-22-16(24)14-10-13(2-3-15(14)19)23-9-8-21-17(23)25;/h2-3,10,20H,4-9,11-12H2,1H3,(H,21,25)(H,22,24);1H. The maximum Gasteiger partial charge on any atom is 0.321 e. The summed E-state index contributed by atoms with van der Waals surface area (Å²) >= 11 is 6.24. The molecule has 3 amide bonds. The molecule has 0 saturated carbocycles. The van der Waals surface area contributed by atoms with E-state index in [1.807, 2.05) is 0 Å². The number of ether oxygens (including phenoxy) is 1. The summed E-state index contributed by atoms with van der Waals surface area (Å²) in [4.78, 5) is 26.2. The Balaban J connectivity index is 0.00000261. The Morgan fingerprint density at radius 2 is 2.07 bits per heavy atom. The first-order valence-corrected chi connectivity index (χ1v) is 9.25. The van der Waals surface area contributed by atoms with Crippen LogP contribution in [-0.2, 0) is 4.74 Å². The van der Waals surface area contributed by atoms with E-state index in [-0.39, 0.29) is 29.8 Å². The number of urea groups is 1. The Labute approximate surface area is 170 Å². The fourth-order valence-corrected chi connectivity index (χ4v) is 3.77. The lowest BCUT2D eigenvalue weighted by Gasteiger charge is -2.37. The van der Waals surface area contributed by atoms with Crippen molar-refractivity contribution >= 4 is 41.6 Å². The second kappa shape index (κ2) is 9.59. The van der Waals surface area contributed by atoms with Gasteiger partial charge in [0, 0.05) is 37.8 Å². The second-order valence-corrected chi connectivity index (χ2v) is 7.32. The normalized spacial score (nSPS) is 18.6. The first-order valence-electron chi connectivity index (χ1n) is 8.87. The second-order valence-electron chi connectivity index (χ2n) is 6.91. The van der Waals surface area contributed by atoms with Gasteiger partial charge in [0.1, 0.15) is 0 Å². The lowest BCUT2D eigenvalue weighted by Crippen LogP contribution is -2.47. The van der Waals surface area contributed by atoms with Crippen LogP contribution in [0.1, 0.15) is 23.2 Å². The van der Waals surface area contributed by atoms with Crippen molar-refractivity contribution in [3.8, 4) is 0 Å². The average Bonchev–Trinajstić information content (AvgIpc) is 3.07. The van der Waals surface area contributed by atoms with Gasteiger partial charge >= 0.3 is 6.03 Å². The summed E-state index contributed by atoms with van der Waals surface area (Å²) in [7, 11) is 1.69. The molecule has 1 aromatic carbocycles. The Hall–Kier alpha value is -1.54. The van der Waals surface area contributed by atoms with Gasteiger partial charge < -0.3 is 20.7 Å². The lowest BCUT2D eigenvalue weighted by molar-refractivity contribution is 0.0512. The van der Waals surface area contributed by atoms with E-state index in [0.29, 0.717) is 42.5 Å². The van der Waals surface area contributed by atoms with Crippen molar-refractivity contribution in [2.75, 3.05) is 51.3 Å². The van der Waals surface area contributed by atoms with Crippen LogP contribution in [0.15, 0.2) is 18.2 Å². The molecule has 0 atom stereocenters. The molecule has 0 bridgehead atoms. The molecule has 150 valence electrons. The first-order chi connectivity index (χ1) is 12.5. The van der Waals surface area contributed by atoms with Crippen LogP contribution in [0.25, 0.3) is 0 Å². The number of halogens is 2. The predicted molar refractivity (Wildman–Crippen MR) is 108 cm³/mol. The summed E-state index contributed by atoms with van der Waals surface area (Å²) < 4.78 is 5.39. The zero-order chi connectivity index (χ0) is 18.6. The highest BCUT2D eigenvalue weighted by Crippen LogP contribution is 2.29. The molecule has 3 rings (SSSR count). The quantitative estimate of drug-likeness (QED) is 0.662. The maximum atomic E-state index is 12.7. The number of anilines is 1. The molecule has 2 saturated heterocycles. The van der Waals surface area contributed by atoms with Gasteiger partial charge in [-0.15, -0.1) is 12.4 Å². The van der Waals surface area contributed by atoms with Crippen LogP contribution in [0.3, 0.4) is 0 Å². The number of carbonyl (C=O) groups excluding carboxylic acids is 2. The van der Waals surface area contributed by atoms with Crippen LogP contribution in [0.4, 0.5) is 10.5 Å². The Bertz CT molecular complexity index is 675. The van der Waals surface area contributed by atoms with E-state index in [4.69, 9.17) is 16.3 Å². The van der Waals surface area contributed by atoms with Crippen molar-refractivity contribution in [1.82, 2.24) is 16.0 Å². The summed E-state index contributed by atoms with van der Waals surface area (Å²) in [5, 5.41) is 9.47. The highest BCUT2D eigenvalue weighted by Gasteiger charge is 2.33. The van der Waals surface area contributed by atoms with Crippen molar-refractivity contribution in [3.05, 3.63) is 28.8 Å². The van der Waals surface area contributed by atoms with Crippen LogP contribution >= 0.6 is 24.0 Å². The van der Waals surface area contributed by atoms with Crippen LogP contribution in [0.2, 0.25) is 5.02 Å². The third kappa shape index (κ3) is 5.04. The molecule has 1 aromatic rings. The number of rotatable bonds is 6. The number of benzene rings is 1. The van der Waals surface area contributed by atoms with Crippen molar-refractivity contribution in [1.29, 1.82) is 0 Å². The number of amides is 3. The monoisotopic (exact) mass is 416 g/mol. The average molecular weight is 417 g/mol. The third-order valence-corrected chi connectivity index (χ3v) is 5.43. The summed E-state index contributed by atoms with van der Waals surface area (Å²) in [6.07, 6.45) is 1.89. The first kappa shape index (κ1) is 21.8. The molecule has 2 heterocycles. The van der Waals surface area contributed by atoms with Gasteiger partial charge in [0.25, 0.3) is 5.91 Å². The molecular weight excluding hydrogens is 391 g/mol. The maximum absolute atomic E-state index is 12.7. The molecule has 0 spiro atoms. The molecule has 2 fully saturated rings. The van der Waals surface area contributed by atoms with Gasteiger partial charge in [0.2, 0.25) is 0 Å². The molecule has 0 unspecified atom stereocenters. The van der Waals surface area contributed by atoms with Crippen LogP contribution in [0, 0.1) is 5.41 Å². The molecule has 7 nitrogen and oxygen atoms in total. The largest absolute Gasteiger partial charge is 0.384 e. The molecule has 3 N–H and O–H groups in total. The van der Waals surface area contributed by atoms with Gasteiger partial charge in [-0.05, 0) is 44.1 Å². The molecule has 0 aromatic heterocycles. The molecule has 0 radical (unpaired) electrons. The van der Waals surface area contributed by atoms with Crippen LogP contribution in [-0.4, -0.2) is 58.4 Å². The SMILES string of the molecule is COCC1(CNC(=O)c2cc(N3CCNC3=O)ccc2Cl)CCNCC1.Cl. The summed E-state index contributed by atoms with van der Waals surface area (Å²) in [5.74, 6) is -0.231. The van der Waals surface area contributed by atoms with Crippen molar-refractivity contribution in [2.45, 2.75) is 12.8 Å². The highest BCUT2D eigenvalue weighted by molar-refractivity contribution is 6.34. The summed E-state index contributed by atoms with van der Waals surface area (Å²) in [6.45, 7) is 4.14. The summed E-state index contributed by atoms with van der Waals surface area (Å²) in [5.41, 5.74) is 0.989. The lowest BCUT2D eigenvalue weighted by atomic mass is 9.79. The smallest absolute Gasteiger partial charge is 0.321 e. The molecular formula is C18H26Cl2N4O3. The van der Waals surface area contributed by atoms with Gasteiger partial charge in [-0.3, -0.25) is 9.69 Å². The minimum Gasteiger partial charge on any atom is -0.384 e. The Morgan fingerprint density at radius 3 is 2.70 bits per heavy atom. The molecule has 9 heteroatoms. The number of carbonyl (C=O) groups is 2. The number of nitrogens with zero attached hydrogens (tertiary/aromatic N) is 1. The highest BCUT2D eigenvalue weighted by atomic mass is 35.5. The van der Waals surface area contributed by atoms with Crippen LogP contribution in [0.5, 0.6) is 0 Å². The molecule has 27 heavy (non-hydrogen) atoms. The van der Waals surface area contributed by atoms with Crippen molar-refractivity contribution in [2.24, 2.45) is 5.41 Å². The van der Waals surface area contributed by atoms with Crippen molar-refractivity contribution < 1.29 is 14.3 Å². The van der Waals surface area contributed by atoms with E-state index >= 15 is 0 Å². The predicted octanol–water partition coefficient (Wildman–Crippen LogP) is 2.04. The van der Waals surface area contributed by atoms with E-state index in [2.05, 4.69) is 16.0 Å². The topological polar surface area (TPSA) is 82.7 Å². The zero-order valence-corrected chi connectivity index (χ0v) is 16.9. The van der Waals surface area contributed by atoms with E-state index in [9.17, 15) is 9.59 Å². The molecule has 0 aliphatic carbocycles. The van der Waals surface area contributed by atoms with Crippen molar-refractivity contribution in [3.63, 3.8) is 0 Å². The van der Waals surface area contributed by atoms with E-state index in [1.165, 1.54) is 0 Å². The summed E-state index contributed by atoms with van der Waals surface area (Å²) in [6, 6.07) is 4.93. The number of hydrogen-bond acceptors (Lipinski definition) is 4. The fraction of sp³-hybridized carbons (Fsp3) is 0.556. The number of hydrogen-bond donors (Lipinski definition) is 3. The van der Waals surface area contributed by atoms with E-state index < -0.39 is 0 Å². The molecule has 2 aliphatic heterocycles. The fourth-order valence-electron chi connectivity index (χ4n) is 3.57. The van der Waals surface area contributed by atoms with Gasteiger partial charge in [0.15, 0.2) is 0 Å². The van der Waals surface area contributed by atoms with Gasteiger partial charge in [-0.25, -0.2) is 4.79 Å². The molecule has 2 aliphatic rings. The van der Waals surface area contributed by atoms with Gasteiger partial charge in [-0.2, -0.15) is 0 Å². The number of piperidine rings is 1. The van der Waals surface area contributed by atoms with E-state index in [1.54, 1.807) is 30.2 Å². The van der Waals surface area contributed by atoms with Crippen LogP contribution < -0.4 is 20.9 Å². The number of methoxy groups -OCH3 is 1. The minimum atomic E-state index is -0.231. The third-order valence-electron chi connectivity index (χ3n) is 5.10. The Morgan fingerprint density at radius 1 is 1.33 bits per heavy atom. The minimum absolute atomic E-state index is 0. The zero-order valence-electron chi connectivity index (χ0n) is 15.3. The van der Waals surface area contributed by atoms with E-state index in [0.717, 1.165) is 25.9 Å². The van der Waals surface area contributed by atoms with Gasteiger partial charge in [0.05, 0.1) is 17.2 Å². The Kier molecular flexibility index (Phi) is 7.73. The van der Waals surface area contributed by atoms with Gasteiger partial charge in [-0.1, -0.05) is 11.6 Å². The number of nitrogens with one attached hydrogen (secondary N) is 3.